The first-order valence-corrected chi connectivity index (χ1v) is 9.52. The molecule has 1 aromatic carbocycles. The average Bonchev–Trinajstić information content (AvgIpc) is 2.61. The number of hydrogen-bond acceptors (Lipinski definition) is 7. The predicted octanol–water partition coefficient (Wildman–Crippen LogP) is 1.38. The summed E-state index contributed by atoms with van der Waals surface area (Å²) in [4.78, 5) is 47.1. The summed E-state index contributed by atoms with van der Waals surface area (Å²) in [6.07, 6.45) is 0.645. The number of hydrogen-bond donors (Lipinski definition) is 4. The molecular weight excluding hydrogens is 380 g/mol. The number of Topliss-reactive ketones (excluding diaryl/α,β-unsaturated/α-hetero) is 3. The Bertz CT molecular complexity index is 809. The summed E-state index contributed by atoms with van der Waals surface area (Å²) in [5.41, 5.74) is 0.224. The predicted molar refractivity (Wildman–Crippen MR) is 102 cm³/mol. The summed E-state index contributed by atoms with van der Waals surface area (Å²) in [5, 5.41) is 38.4. The Hall–Kier alpha value is -2.58. The number of carboxylic acid groups (broad SMARTS) is 1. The van der Waals surface area contributed by atoms with Crippen molar-refractivity contribution in [1.29, 1.82) is 0 Å². The lowest BCUT2D eigenvalue weighted by molar-refractivity contribution is -0.126. The molecule has 0 aliphatic heterocycles. The van der Waals surface area contributed by atoms with Gasteiger partial charge in [-0.05, 0) is 43.2 Å². The standard InChI is InChI=1S/C21H26O8/c1-11(24)4-16(25)8-14(15(9-22)10-23)6-12-5-13-2-3-17(21(28)29)20(27)19(13)18(26)7-12/h2-3,12,14-15,22-23,27H,4-10H2,1H3,(H,28,29). The van der Waals surface area contributed by atoms with E-state index in [1.165, 1.54) is 19.1 Å². The van der Waals surface area contributed by atoms with Gasteiger partial charge in [-0.15, -0.1) is 0 Å². The van der Waals surface area contributed by atoms with Gasteiger partial charge in [0.25, 0.3) is 0 Å². The van der Waals surface area contributed by atoms with Crippen LogP contribution in [0.2, 0.25) is 0 Å². The number of rotatable bonds is 10. The molecule has 8 heteroatoms. The van der Waals surface area contributed by atoms with Gasteiger partial charge in [0, 0.05) is 32.0 Å². The minimum absolute atomic E-state index is 0.0197. The molecular formula is C21H26O8. The molecule has 0 fully saturated rings. The third-order valence-electron chi connectivity index (χ3n) is 5.46. The van der Waals surface area contributed by atoms with Crippen LogP contribution in [0.15, 0.2) is 12.1 Å². The van der Waals surface area contributed by atoms with Crippen molar-refractivity contribution >= 4 is 23.3 Å². The van der Waals surface area contributed by atoms with Crippen LogP contribution in [0, 0.1) is 17.8 Å². The highest BCUT2D eigenvalue weighted by atomic mass is 16.4. The van der Waals surface area contributed by atoms with Gasteiger partial charge in [0.2, 0.25) is 0 Å². The maximum absolute atomic E-state index is 12.6. The van der Waals surface area contributed by atoms with Crippen molar-refractivity contribution in [2.24, 2.45) is 17.8 Å². The zero-order valence-electron chi connectivity index (χ0n) is 16.3. The smallest absolute Gasteiger partial charge is 0.339 e. The lowest BCUT2D eigenvalue weighted by atomic mass is 9.74. The van der Waals surface area contributed by atoms with E-state index in [1.54, 1.807) is 0 Å². The van der Waals surface area contributed by atoms with E-state index in [2.05, 4.69) is 0 Å². The Morgan fingerprint density at radius 1 is 1.10 bits per heavy atom. The van der Waals surface area contributed by atoms with E-state index in [9.17, 15) is 34.5 Å². The van der Waals surface area contributed by atoms with Crippen molar-refractivity contribution in [2.75, 3.05) is 13.2 Å². The molecule has 1 aliphatic carbocycles. The highest BCUT2D eigenvalue weighted by molar-refractivity contribution is 6.05. The fraction of sp³-hybridized carbons (Fsp3) is 0.524. The van der Waals surface area contributed by atoms with Crippen molar-refractivity contribution in [3.8, 4) is 5.75 Å². The summed E-state index contributed by atoms with van der Waals surface area (Å²) in [6, 6.07) is 2.76. The van der Waals surface area contributed by atoms with Gasteiger partial charge in [-0.1, -0.05) is 6.07 Å². The van der Waals surface area contributed by atoms with Gasteiger partial charge in [-0.3, -0.25) is 14.4 Å². The van der Waals surface area contributed by atoms with Crippen molar-refractivity contribution < 1.29 is 39.6 Å². The minimum Gasteiger partial charge on any atom is -0.506 e. The second-order valence-corrected chi connectivity index (χ2v) is 7.74. The number of aliphatic hydroxyl groups is 2. The number of phenols is 1. The molecule has 158 valence electrons. The summed E-state index contributed by atoms with van der Waals surface area (Å²) in [5.74, 6) is -3.91. The summed E-state index contributed by atoms with van der Waals surface area (Å²) in [7, 11) is 0. The number of carboxylic acids is 1. The first kappa shape index (κ1) is 22.7. The van der Waals surface area contributed by atoms with Crippen LogP contribution < -0.4 is 0 Å². The van der Waals surface area contributed by atoms with E-state index in [0.717, 1.165) is 0 Å². The molecule has 0 aromatic heterocycles. The number of ketones is 3. The average molecular weight is 406 g/mol. The molecule has 29 heavy (non-hydrogen) atoms. The Morgan fingerprint density at radius 3 is 2.31 bits per heavy atom. The van der Waals surface area contributed by atoms with Crippen LogP contribution in [0.25, 0.3) is 0 Å². The Balaban J connectivity index is 2.22. The topological polar surface area (TPSA) is 149 Å². The zero-order chi connectivity index (χ0) is 21.7. The lowest BCUT2D eigenvalue weighted by Crippen LogP contribution is -2.30. The number of benzene rings is 1. The molecule has 0 spiro atoms. The normalized spacial score (nSPS) is 17.1. The van der Waals surface area contributed by atoms with E-state index < -0.39 is 23.6 Å². The van der Waals surface area contributed by atoms with Crippen LogP contribution in [-0.4, -0.2) is 57.0 Å². The Morgan fingerprint density at radius 2 is 1.76 bits per heavy atom. The molecule has 1 aromatic rings. The largest absolute Gasteiger partial charge is 0.506 e. The van der Waals surface area contributed by atoms with E-state index >= 15 is 0 Å². The number of carbonyl (C=O) groups is 4. The molecule has 2 unspecified atom stereocenters. The molecule has 1 aliphatic rings. The lowest BCUT2D eigenvalue weighted by Gasteiger charge is -2.31. The first-order chi connectivity index (χ1) is 13.7. The summed E-state index contributed by atoms with van der Waals surface area (Å²) < 4.78 is 0. The Labute approximate surface area is 168 Å². The second kappa shape index (κ2) is 9.76. The highest BCUT2D eigenvalue weighted by Crippen LogP contribution is 2.38. The molecule has 0 saturated heterocycles. The third kappa shape index (κ3) is 5.48. The van der Waals surface area contributed by atoms with Crippen LogP contribution in [0.1, 0.15) is 58.9 Å². The van der Waals surface area contributed by atoms with E-state index in [4.69, 9.17) is 5.11 Å². The van der Waals surface area contributed by atoms with Gasteiger partial charge in [-0.25, -0.2) is 4.79 Å². The molecule has 2 rings (SSSR count). The monoisotopic (exact) mass is 406 g/mol. The molecule has 0 radical (unpaired) electrons. The van der Waals surface area contributed by atoms with Crippen LogP contribution in [0.5, 0.6) is 5.75 Å². The van der Waals surface area contributed by atoms with Crippen LogP contribution in [0.3, 0.4) is 0 Å². The van der Waals surface area contributed by atoms with Gasteiger partial charge in [0.1, 0.15) is 22.9 Å². The molecule has 4 N–H and O–H groups in total. The minimum atomic E-state index is -1.32. The van der Waals surface area contributed by atoms with Crippen LogP contribution in [0.4, 0.5) is 0 Å². The number of aromatic carboxylic acids is 1. The van der Waals surface area contributed by atoms with Crippen molar-refractivity contribution in [3.05, 3.63) is 28.8 Å². The number of carbonyl (C=O) groups excluding carboxylic acids is 3. The van der Waals surface area contributed by atoms with Crippen molar-refractivity contribution in [3.63, 3.8) is 0 Å². The Kier molecular flexibility index (Phi) is 7.64. The second-order valence-electron chi connectivity index (χ2n) is 7.74. The maximum Gasteiger partial charge on any atom is 0.339 e. The maximum atomic E-state index is 12.6. The van der Waals surface area contributed by atoms with E-state index in [1.807, 2.05) is 0 Å². The quantitative estimate of drug-likeness (QED) is 0.426. The SMILES string of the molecule is CC(=O)CC(=O)CC(CC1CC(=O)c2c(ccc(C(=O)O)c2O)C1)C(CO)CO. The fourth-order valence-corrected chi connectivity index (χ4v) is 4.07. The van der Waals surface area contributed by atoms with Gasteiger partial charge in [0.15, 0.2) is 5.78 Å². The summed E-state index contributed by atoms with van der Waals surface area (Å²) in [6.45, 7) is 0.667. The molecule has 0 bridgehead atoms. The fourth-order valence-electron chi connectivity index (χ4n) is 4.07. The number of fused-ring (bicyclic) bond motifs is 1. The number of aliphatic hydroxyl groups excluding tert-OH is 2. The van der Waals surface area contributed by atoms with Gasteiger partial charge in [0.05, 0.1) is 12.0 Å². The molecule has 0 heterocycles. The van der Waals surface area contributed by atoms with Crippen molar-refractivity contribution in [2.45, 2.75) is 39.0 Å². The van der Waals surface area contributed by atoms with Gasteiger partial charge in [-0.2, -0.15) is 0 Å². The van der Waals surface area contributed by atoms with Crippen molar-refractivity contribution in [1.82, 2.24) is 0 Å². The number of aromatic hydroxyl groups is 1. The highest BCUT2D eigenvalue weighted by Gasteiger charge is 2.33. The van der Waals surface area contributed by atoms with Gasteiger partial charge >= 0.3 is 5.97 Å². The molecule has 0 amide bonds. The first-order valence-electron chi connectivity index (χ1n) is 9.52. The summed E-state index contributed by atoms with van der Waals surface area (Å²) >= 11 is 0. The molecule has 0 saturated carbocycles. The van der Waals surface area contributed by atoms with E-state index in [-0.39, 0.29) is 66.9 Å². The van der Waals surface area contributed by atoms with Gasteiger partial charge < -0.3 is 20.4 Å². The van der Waals surface area contributed by atoms with Crippen LogP contribution in [-0.2, 0) is 16.0 Å². The zero-order valence-corrected chi connectivity index (χ0v) is 16.3. The van der Waals surface area contributed by atoms with Crippen LogP contribution >= 0.6 is 0 Å². The third-order valence-corrected chi connectivity index (χ3v) is 5.46. The molecule has 8 nitrogen and oxygen atoms in total. The molecule has 2 atom stereocenters. The van der Waals surface area contributed by atoms with E-state index in [0.29, 0.717) is 18.4 Å².